The van der Waals surface area contributed by atoms with E-state index in [1.165, 1.54) is 6.42 Å². The van der Waals surface area contributed by atoms with Crippen LogP contribution in [0.1, 0.15) is 22.5 Å². The number of carboxylic acids is 1. The van der Waals surface area contributed by atoms with E-state index in [4.69, 9.17) is 10.1 Å². The van der Waals surface area contributed by atoms with Gasteiger partial charge in [0, 0.05) is 17.8 Å². The van der Waals surface area contributed by atoms with Crippen molar-refractivity contribution >= 4 is 5.97 Å². The molecule has 114 valence electrons. The second-order valence-corrected chi connectivity index (χ2v) is 6.02. The van der Waals surface area contributed by atoms with E-state index in [-0.39, 0.29) is 0 Å². The largest absolute Gasteiger partial charge is 0.478 e. The van der Waals surface area contributed by atoms with E-state index in [0.29, 0.717) is 11.5 Å². The molecular formula is C18H20N2O2. The molecule has 1 aliphatic heterocycles. The van der Waals surface area contributed by atoms with Crippen LogP contribution in [-0.4, -0.2) is 41.1 Å². The number of aromatic nitrogens is 1. The quantitative estimate of drug-likeness (QED) is 0.942. The molecular weight excluding hydrogens is 276 g/mol. The van der Waals surface area contributed by atoms with Crippen LogP contribution in [0.4, 0.5) is 0 Å². The third kappa shape index (κ3) is 3.34. The number of hydrogen-bond acceptors (Lipinski definition) is 3. The van der Waals surface area contributed by atoms with Crippen molar-refractivity contribution in [2.45, 2.75) is 12.8 Å². The van der Waals surface area contributed by atoms with Gasteiger partial charge < -0.3 is 10.0 Å². The zero-order valence-corrected chi connectivity index (χ0v) is 12.7. The molecule has 0 radical (unpaired) electrons. The lowest BCUT2D eigenvalue weighted by molar-refractivity contribution is 0.0697. The van der Waals surface area contributed by atoms with E-state index < -0.39 is 5.97 Å². The number of carboxylic acid groups (broad SMARTS) is 1. The second-order valence-electron chi connectivity index (χ2n) is 6.02. The lowest BCUT2D eigenvalue weighted by Gasteiger charge is -2.11. The number of hydrogen-bond donors (Lipinski definition) is 1. The molecule has 2 heterocycles. The van der Waals surface area contributed by atoms with Crippen molar-refractivity contribution in [1.29, 1.82) is 0 Å². The molecule has 22 heavy (non-hydrogen) atoms. The number of pyridine rings is 1. The predicted octanol–water partition coefficient (Wildman–Crippen LogP) is 2.94. The van der Waals surface area contributed by atoms with Crippen LogP contribution in [0.2, 0.25) is 0 Å². The van der Waals surface area contributed by atoms with E-state index >= 15 is 0 Å². The average Bonchev–Trinajstić information content (AvgIpc) is 2.93. The Morgan fingerprint density at radius 1 is 1.32 bits per heavy atom. The Morgan fingerprint density at radius 2 is 2.14 bits per heavy atom. The monoisotopic (exact) mass is 296 g/mol. The molecule has 1 aromatic carbocycles. The van der Waals surface area contributed by atoms with Crippen LogP contribution in [0.25, 0.3) is 11.3 Å². The molecule has 3 rings (SSSR count). The van der Waals surface area contributed by atoms with Crippen LogP contribution in [0.15, 0.2) is 42.5 Å². The van der Waals surface area contributed by atoms with Gasteiger partial charge in [-0.05, 0) is 56.6 Å². The summed E-state index contributed by atoms with van der Waals surface area (Å²) in [6.45, 7) is 2.28. The molecule has 0 saturated carbocycles. The maximum atomic E-state index is 11.1. The molecule has 4 nitrogen and oxygen atoms in total. The summed E-state index contributed by atoms with van der Waals surface area (Å²) >= 11 is 0. The van der Waals surface area contributed by atoms with E-state index in [9.17, 15) is 4.79 Å². The van der Waals surface area contributed by atoms with E-state index in [1.54, 1.807) is 18.2 Å². The molecule has 2 aromatic rings. The number of likely N-dealkylation sites (tertiary alicyclic amines) is 1. The Hall–Kier alpha value is -2.20. The minimum Gasteiger partial charge on any atom is -0.478 e. The number of rotatable bonds is 4. The Labute approximate surface area is 130 Å². The van der Waals surface area contributed by atoms with Gasteiger partial charge in [-0.25, -0.2) is 4.79 Å². The molecule has 4 heteroatoms. The van der Waals surface area contributed by atoms with Crippen molar-refractivity contribution in [3.8, 4) is 11.3 Å². The van der Waals surface area contributed by atoms with Crippen LogP contribution in [-0.2, 0) is 6.42 Å². The van der Waals surface area contributed by atoms with Crippen molar-refractivity contribution in [1.82, 2.24) is 9.88 Å². The maximum absolute atomic E-state index is 11.1. The van der Waals surface area contributed by atoms with Crippen molar-refractivity contribution in [3.05, 3.63) is 53.7 Å². The second kappa shape index (κ2) is 6.28. The van der Waals surface area contributed by atoms with E-state index in [1.807, 2.05) is 18.2 Å². The fraction of sp³-hybridized carbons (Fsp3) is 0.333. The summed E-state index contributed by atoms with van der Waals surface area (Å²) in [5.41, 5.74) is 3.07. The molecule has 1 aliphatic rings. The molecule has 1 fully saturated rings. The summed E-state index contributed by atoms with van der Waals surface area (Å²) < 4.78 is 0. The third-order valence-electron chi connectivity index (χ3n) is 4.20. The average molecular weight is 296 g/mol. The summed E-state index contributed by atoms with van der Waals surface area (Å²) in [6, 6.07) is 12.9. The van der Waals surface area contributed by atoms with Crippen molar-refractivity contribution < 1.29 is 9.90 Å². The fourth-order valence-electron chi connectivity index (χ4n) is 3.05. The summed E-state index contributed by atoms with van der Waals surface area (Å²) in [4.78, 5) is 18.2. The first kappa shape index (κ1) is 14.7. The van der Waals surface area contributed by atoms with Gasteiger partial charge in [-0.3, -0.25) is 4.98 Å². The first-order chi connectivity index (χ1) is 10.6. The molecule has 1 atom stereocenters. The van der Waals surface area contributed by atoms with Gasteiger partial charge in [0.25, 0.3) is 0 Å². The Kier molecular flexibility index (Phi) is 4.20. The van der Waals surface area contributed by atoms with Crippen LogP contribution >= 0.6 is 0 Å². The van der Waals surface area contributed by atoms with Gasteiger partial charge in [-0.15, -0.1) is 0 Å². The minimum absolute atomic E-state index is 0.294. The first-order valence-electron chi connectivity index (χ1n) is 7.60. The summed E-state index contributed by atoms with van der Waals surface area (Å²) in [5.74, 6) is -0.245. The maximum Gasteiger partial charge on any atom is 0.335 e. The van der Waals surface area contributed by atoms with Crippen molar-refractivity contribution in [2.75, 3.05) is 20.1 Å². The topological polar surface area (TPSA) is 53.4 Å². The molecule has 0 bridgehead atoms. The molecule has 0 aliphatic carbocycles. The number of nitrogens with zero attached hydrogens (tertiary/aromatic N) is 2. The Bertz CT molecular complexity index is 684. The van der Waals surface area contributed by atoms with Gasteiger partial charge in [-0.1, -0.05) is 18.2 Å². The Balaban J connectivity index is 1.81. The number of benzene rings is 1. The highest BCUT2D eigenvalue weighted by Crippen LogP contribution is 2.22. The molecule has 0 amide bonds. The number of aromatic carboxylic acids is 1. The fourth-order valence-corrected chi connectivity index (χ4v) is 3.05. The zero-order valence-electron chi connectivity index (χ0n) is 12.7. The highest BCUT2D eigenvalue weighted by molar-refractivity contribution is 5.89. The van der Waals surface area contributed by atoms with Crippen LogP contribution in [0, 0.1) is 5.92 Å². The summed E-state index contributed by atoms with van der Waals surface area (Å²) in [6.07, 6.45) is 2.20. The third-order valence-corrected chi connectivity index (χ3v) is 4.20. The van der Waals surface area contributed by atoms with Crippen LogP contribution in [0.5, 0.6) is 0 Å². The normalized spacial score (nSPS) is 18.5. The smallest absolute Gasteiger partial charge is 0.335 e. The van der Waals surface area contributed by atoms with E-state index in [0.717, 1.165) is 36.5 Å². The first-order valence-corrected chi connectivity index (χ1v) is 7.60. The van der Waals surface area contributed by atoms with Crippen LogP contribution < -0.4 is 0 Å². The van der Waals surface area contributed by atoms with Gasteiger partial charge in [0.05, 0.1) is 11.3 Å². The van der Waals surface area contributed by atoms with E-state index in [2.05, 4.69) is 18.0 Å². The van der Waals surface area contributed by atoms with Gasteiger partial charge in [0.2, 0.25) is 0 Å². The predicted molar refractivity (Wildman–Crippen MR) is 85.9 cm³/mol. The standard InChI is InChI=1S/C18H20N2O2/c1-20-9-8-13(12-20)10-16-6-3-7-17(19-16)14-4-2-5-15(11-14)18(21)22/h2-7,11,13H,8-10,12H2,1H3,(H,21,22)/t13-/m0/s1. The molecule has 1 saturated heterocycles. The number of carbonyl (C=O) groups is 1. The summed E-state index contributed by atoms with van der Waals surface area (Å²) in [7, 11) is 2.15. The summed E-state index contributed by atoms with van der Waals surface area (Å²) in [5, 5.41) is 9.10. The SMILES string of the molecule is CN1CC[C@@H](Cc2cccc(-c3cccc(C(=O)O)c3)n2)C1. The van der Waals surface area contributed by atoms with Gasteiger partial charge in [-0.2, -0.15) is 0 Å². The molecule has 1 N–H and O–H groups in total. The highest BCUT2D eigenvalue weighted by atomic mass is 16.4. The molecule has 0 unspecified atom stereocenters. The van der Waals surface area contributed by atoms with Gasteiger partial charge >= 0.3 is 5.97 Å². The lowest BCUT2D eigenvalue weighted by Crippen LogP contribution is -2.15. The van der Waals surface area contributed by atoms with Gasteiger partial charge in [0.1, 0.15) is 0 Å². The minimum atomic E-state index is -0.910. The highest BCUT2D eigenvalue weighted by Gasteiger charge is 2.20. The Morgan fingerprint density at radius 3 is 2.86 bits per heavy atom. The van der Waals surface area contributed by atoms with Crippen molar-refractivity contribution in [3.63, 3.8) is 0 Å². The molecule has 1 aromatic heterocycles. The van der Waals surface area contributed by atoms with Crippen molar-refractivity contribution in [2.24, 2.45) is 5.92 Å². The van der Waals surface area contributed by atoms with Gasteiger partial charge in [0.15, 0.2) is 0 Å². The zero-order chi connectivity index (χ0) is 15.5. The molecule has 0 spiro atoms. The lowest BCUT2D eigenvalue weighted by atomic mass is 10.0. The van der Waals surface area contributed by atoms with Crippen LogP contribution in [0.3, 0.4) is 0 Å².